The zero-order chi connectivity index (χ0) is 15.8. The van der Waals surface area contributed by atoms with Crippen molar-refractivity contribution < 1.29 is 0 Å². The maximum Gasteiger partial charge on any atom is 0.109 e. The van der Waals surface area contributed by atoms with Gasteiger partial charge in [0.25, 0.3) is 0 Å². The summed E-state index contributed by atoms with van der Waals surface area (Å²) < 4.78 is 0. The van der Waals surface area contributed by atoms with Gasteiger partial charge >= 0.3 is 0 Å². The molecule has 0 amide bonds. The summed E-state index contributed by atoms with van der Waals surface area (Å²) in [6.07, 6.45) is 19.3. The summed E-state index contributed by atoms with van der Waals surface area (Å²) in [5.74, 6) is 0.678. The predicted octanol–water partition coefficient (Wildman–Crippen LogP) is 6.22. The van der Waals surface area contributed by atoms with Crippen LogP contribution in [-0.2, 0) is 0 Å². The van der Waals surface area contributed by atoms with E-state index in [2.05, 4.69) is 36.8 Å². The fourth-order valence-corrected chi connectivity index (χ4v) is 2.71. The highest BCUT2D eigenvalue weighted by atomic mass is 14.8. The van der Waals surface area contributed by atoms with Crippen LogP contribution in [-0.4, -0.2) is 19.6 Å². The second-order valence-corrected chi connectivity index (χ2v) is 5.84. The molecule has 21 heavy (non-hydrogen) atoms. The number of aliphatic imine (C=N–C) groups is 2. The molecular weight excluding hydrogens is 256 g/mol. The third-order valence-electron chi connectivity index (χ3n) is 4.02. The summed E-state index contributed by atoms with van der Waals surface area (Å²) in [6, 6.07) is 0. The van der Waals surface area contributed by atoms with Gasteiger partial charge in [-0.2, -0.15) is 0 Å². The van der Waals surface area contributed by atoms with E-state index in [0.29, 0.717) is 5.92 Å². The first-order valence-corrected chi connectivity index (χ1v) is 8.90. The van der Waals surface area contributed by atoms with Crippen LogP contribution in [0, 0.1) is 5.92 Å². The van der Waals surface area contributed by atoms with Crippen LogP contribution in [0.2, 0.25) is 0 Å². The Bertz CT molecular complexity index is 291. The molecule has 0 saturated carbocycles. The third kappa shape index (κ3) is 11.4. The number of nitrogens with zero attached hydrogens (tertiary/aromatic N) is 2. The lowest BCUT2D eigenvalue weighted by atomic mass is 9.88. The number of allylic oxidation sites excluding steroid dienone is 2. The van der Waals surface area contributed by atoms with Crippen LogP contribution in [0.15, 0.2) is 21.6 Å². The van der Waals surface area contributed by atoms with E-state index in [1.165, 1.54) is 69.8 Å². The minimum Gasteiger partial charge on any atom is -0.277 e. The van der Waals surface area contributed by atoms with Crippen LogP contribution in [0.5, 0.6) is 0 Å². The highest BCUT2D eigenvalue weighted by Gasteiger charge is 2.12. The predicted molar refractivity (Wildman–Crippen MR) is 97.7 cm³/mol. The molecular formula is C19H36N2. The van der Waals surface area contributed by atoms with Crippen molar-refractivity contribution in [2.45, 2.75) is 85.0 Å². The monoisotopic (exact) mass is 292 g/mol. The van der Waals surface area contributed by atoms with Crippen LogP contribution in [0.3, 0.4) is 0 Å². The van der Waals surface area contributed by atoms with Crippen molar-refractivity contribution in [3.63, 3.8) is 0 Å². The molecule has 0 aromatic carbocycles. The average molecular weight is 293 g/mol. The Kier molecular flexibility index (Phi) is 14.8. The minimum atomic E-state index is 0.678. The van der Waals surface area contributed by atoms with Gasteiger partial charge in [0.15, 0.2) is 0 Å². The molecule has 0 radical (unpaired) electrons. The van der Waals surface area contributed by atoms with Gasteiger partial charge in [-0.3, -0.25) is 4.99 Å². The molecule has 0 aromatic heterocycles. The van der Waals surface area contributed by atoms with Gasteiger partial charge in [0.2, 0.25) is 0 Å². The lowest BCUT2D eigenvalue weighted by Gasteiger charge is -2.18. The normalized spacial score (nSPS) is 13.1. The molecule has 0 fully saturated rings. The van der Waals surface area contributed by atoms with Crippen molar-refractivity contribution in [3.8, 4) is 0 Å². The molecule has 0 rings (SSSR count). The van der Waals surface area contributed by atoms with Crippen LogP contribution in [0.1, 0.15) is 85.0 Å². The van der Waals surface area contributed by atoms with Crippen LogP contribution < -0.4 is 0 Å². The summed E-state index contributed by atoms with van der Waals surface area (Å²) in [6.45, 7) is 6.68. The topological polar surface area (TPSA) is 24.7 Å². The quantitative estimate of drug-likeness (QED) is 0.219. The standard InChI is InChI=1S/C19H36N2/c1-5-8-10-12-14-19(15-13-11-9-6-2)18(7-3)16-21-17-20-4/h7,16-17,19H,5-6,8-15H2,1-4H3/b18-7+,20-17?,21-16?. The van der Waals surface area contributed by atoms with Gasteiger partial charge in [0.05, 0.1) is 0 Å². The summed E-state index contributed by atoms with van der Waals surface area (Å²) in [4.78, 5) is 8.21. The first kappa shape index (κ1) is 20.1. The van der Waals surface area contributed by atoms with Gasteiger partial charge in [-0.25, -0.2) is 4.99 Å². The van der Waals surface area contributed by atoms with Gasteiger partial charge in [-0.15, -0.1) is 0 Å². The van der Waals surface area contributed by atoms with Gasteiger partial charge in [-0.05, 0) is 31.3 Å². The third-order valence-corrected chi connectivity index (χ3v) is 4.02. The molecule has 0 spiro atoms. The lowest BCUT2D eigenvalue weighted by molar-refractivity contribution is 0.465. The molecule has 0 aliphatic rings. The van der Waals surface area contributed by atoms with Crippen molar-refractivity contribution in [1.29, 1.82) is 0 Å². The average Bonchev–Trinajstić information content (AvgIpc) is 2.50. The fraction of sp³-hybridized carbons (Fsp3) is 0.789. The molecule has 0 heterocycles. The van der Waals surface area contributed by atoms with E-state index in [4.69, 9.17) is 0 Å². The SMILES string of the molecule is C/C=C(\C=NC=NC)C(CCCCCC)CCCCCC. The molecule has 0 aromatic rings. The molecule has 0 unspecified atom stereocenters. The molecule has 2 heteroatoms. The van der Waals surface area contributed by atoms with E-state index in [1.54, 1.807) is 13.4 Å². The summed E-state index contributed by atoms with van der Waals surface area (Å²) >= 11 is 0. The van der Waals surface area contributed by atoms with Crippen LogP contribution in [0.4, 0.5) is 0 Å². The molecule has 0 atom stereocenters. The number of rotatable bonds is 13. The lowest BCUT2D eigenvalue weighted by Crippen LogP contribution is -2.06. The van der Waals surface area contributed by atoms with E-state index in [9.17, 15) is 0 Å². The van der Waals surface area contributed by atoms with E-state index < -0.39 is 0 Å². The van der Waals surface area contributed by atoms with Gasteiger partial charge < -0.3 is 0 Å². The second-order valence-electron chi connectivity index (χ2n) is 5.84. The largest absolute Gasteiger partial charge is 0.277 e. The van der Waals surface area contributed by atoms with Crippen molar-refractivity contribution in [3.05, 3.63) is 11.6 Å². The molecule has 122 valence electrons. The van der Waals surface area contributed by atoms with Gasteiger partial charge in [0, 0.05) is 13.3 Å². The van der Waals surface area contributed by atoms with Crippen molar-refractivity contribution >= 4 is 12.6 Å². The Labute approximate surface area is 132 Å². The molecule has 0 N–H and O–H groups in total. The van der Waals surface area contributed by atoms with E-state index in [1.807, 2.05) is 6.21 Å². The maximum absolute atomic E-state index is 4.29. The first-order chi connectivity index (χ1) is 10.3. The van der Waals surface area contributed by atoms with Crippen LogP contribution >= 0.6 is 0 Å². The highest BCUT2D eigenvalue weighted by molar-refractivity contribution is 5.85. The number of unbranched alkanes of at least 4 members (excludes halogenated alkanes) is 6. The number of hydrogen-bond donors (Lipinski definition) is 0. The Morgan fingerprint density at radius 3 is 1.90 bits per heavy atom. The van der Waals surface area contributed by atoms with Crippen molar-refractivity contribution in [1.82, 2.24) is 0 Å². The first-order valence-electron chi connectivity index (χ1n) is 8.90. The molecule has 0 aliphatic carbocycles. The molecule has 0 saturated heterocycles. The Hall–Kier alpha value is -0.920. The summed E-state index contributed by atoms with van der Waals surface area (Å²) in [5, 5.41) is 0. The number of hydrogen-bond acceptors (Lipinski definition) is 1. The second kappa shape index (κ2) is 15.5. The highest BCUT2D eigenvalue weighted by Crippen LogP contribution is 2.24. The van der Waals surface area contributed by atoms with E-state index >= 15 is 0 Å². The van der Waals surface area contributed by atoms with E-state index in [-0.39, 0.29) is 0 Å². The van der Waals surface area contributed by atoms with E-state index in [0.717, 1.165) is 0 Å². The van der Waals surface area contributed by atoms with Crippen LogP contribution in [0.25, 0.3) is 0 Å². The maximum atomic E-state index is 4.29. The zero-order valence-electron chi connectivity index (χ0n) is 14.8. The Morgan fingerprint density at radius 2 is 1.48 bits per heavy atom. The zero-order valence-corrected chi connectivity index (χ0v) is 14.8. The Morgan fingerprint density at radius 1 is 0.905 bits per heavy atom. The molecule has 0 aliphatic heterocycles. The van der Waals surface area contributed by atoms with Crippen molar-refractivity contribution in [2.24, 2.45) is 15.9 Å². The van der Waals surface area contributed by atoms with Gasteiger partial charge in [-0.1, -0.05) is 71.3 Å². The van der Waals surface area contributed by atoms with Crippen molar-refractivity contribution in [2.75, 3.05) is 7.05 Å². The fourth-order valence-electron chi connectivity index (χ4n) is 2.71. The molecule has 2 nitrogen and oxygen atoms in total. The molecule has 0 bridgehead atoms. The summed E-state index contributed by atoms with van der Waals surface area (Å²) in [5.41, 5.74) is 1.39. The minimum absolute atomic E-state index is 0.678. The summed E-state index contributed by atoms with van der Waals surface area (Å²) in [7, 11) is 1.76. The Balaban J connectivity index is 4.43. The van der Waals surface area contributed by atoms with Gasteiger partial charge in [0.1, 0.15) is 6.34 Å². The smallest absolute Gasteiger partial charge is 0.109 e.